The van der Waals surface area contributed by atoms with Crippen molar-refractivity contribution in [1.29, 1.82) is 0 Å². The van der Waals surface area contributed by atoms with Crippen LogP contribution in [-0.4, -0.2) is 22.6 Å². The number of nitrogens with one attached hydrogen (secondary N) is 1. The van der Waals surface area contributed by atoms with Crippen LogP contribution in [0.3, 0.4) is 0 Å². The Kier molecular flexibility index (Phi) is 3.91. The minimum Gasteiger partial charge on any atom is -0.334 e. The average Bonchev–Trinajstić information content (AvgIpc) is 2.90. The Bertz CT molecular complexity index is 592. The monoisotopic (exact) mass is 260 g/mol. The van der Waals surface area contributed by atoms with Crippen LogP contribution in [0.2, 0.25) is 0 Å². The number of anilines is 1. The van der Waals surface area contributed by atoms with Crippen molar-refractivity contribution in [2.24, 2.45) is 5.73 Å². The maximum absolute atomic E-state index is 11.3. The molecule has 1 aromatic carbocycles. The summed E-state index contributed by atoms with van der Waals surface area (Å²) in [6, 6.07) is 5.56. The molecule has 0 spiro atoms. The predicted molar refractivity (Wildman–Crippen MR) is 71.5 cm³/mol. The summed E-state index contributed by atoms with van der Waals surface area (Å²) in [5.41, 5.74) is 7.70. The standard InChI is InChI=1S/C13H16N4O2/c1-3-11-16-13(19-17-11)9-5-4-8(2)10(6-9)15-12(18)7-14/h4-6H,3,7,14H2,1-2H3,(H,15,18). The van der Waals surface area contributed by atoms with Crippen molar-refractivity contribution in [1.82, 2.24) is 10.1 Å². The third-order valence-electron chi connectivity index (χ3n) is 2.73. The Morgan fingerprint density at radius 2 is 2.26 bits per heavy atom. The zero-order chi connectivity index (χ0) is 13.8. The molecule has 0 bridgehead atoms. The van der Waals surface area contributed by atoms with Crippen molar-refractivity contribution in [2.75, 3.05) is 11.9 Å². The zero-order valence-corrected chi connectivity index (χ0v) is 10.9. The molecular formula is C13H16N4O2. The molecule has 1 aromatic heterocycles. The quantitative estimate of drug-likeness (QED) is 0.868. The summed E-state index contributed by atoms with van der Waals surface area (Å²) in [6.07, 6.45) is 0.714. The molecule has 2 aromatic rings. The number of rotatable bonds is 4. The summed E-state index contributed by atoms with van der Waals surface area (Å²) in [5, 5.41) is 6.58. The lowest BCUT2D eigenvalue weighted by Gasteiger charge is -2.08. The molecular weight excluding hydrogens is 244 g/mol. The minimum absolute atomic E-state index is 0.0514. The van der Waals surface area contributed by atoms with Crippen LogP contribution in [0.15, 0.2) is 22.7 Å². The molecule has 0 saturated heterocycles. The van der Waals surface area contributed by atoms with Crippen LogP contribution >= 0.6 is 0 Å². The van der Waals surface area contributed by atoms with Gasteiger partial charge in [0, 0.05) is 17.7 Å². The largest absolute Gasteiger partial charge is 0.334 e. The number of aromatic nitrogens is 2. The van der Waals surface area contributed by atoms with E-state index in [4.69, 9.17) is 10.3 Å². The van der Waals surface area contributed by atoms with Gasteiger partial charge in [-0.1, -0.05) is 18.1 Å². The highest BCUT2D eigenvalue weighted by Gasteiger charge is 2.10. The summed E-state index contributed by atoms with van der Waals surface area (Å²) in [7, 11) is 0. The van der Waals surface area contributed by atoms with E-state index in [2.05, 4.69) is 15.5 Å². The molecule has 6 heteroatoms. The van der Waals surface area contributed by atoms with Crippen LogP contribution < -0.4 is 11.1 Å². The van der Waals surface area contributed by atoms with Gasteiger partial charge in [0.25, 0.3) is 5.89 Å². The average molecular weight is 260 g/mol. The van der Waals surface area contributed by atoms with Crippen LogP contribution in [0.25, 0.3) is 11.5 Å². The second kappa shape index (κ2) is 5.62. The van der Waals surface area contributed by atoms with Crippen LogP contribution in [-0.2, 0) is 11.2 Å². The van der Waals surface area contributed by atoms with E-state index in [1.165, 1.54) is 0 Å². The maximum Gasteiger partial charge on any atom is 0.257 e. The highest BCUT2D eigenvalue weighted by molar-refractivity contribution is 5.93. The van der Waals surface area contributed by atoms with Crippen molar-refractivity contribution in [3.8, 4) is 11.5 Å². The van der Waals surface area contributed by atoms with Crippen molar-refractivity contribution >= 4 is 11.6 Å². The number of nitrogens with two attached hydrogens (primary N) is 1. The number of carbonyl (C=O) groups is 1. The lowest BCUT2D eigenvalue weighted by Crippen LogP contribution is -2.22. The number of nitrogens with zero attached hydrogens (tertiary/aromatic N) is 2. The number of carbonyl (C=O) groups excluding carboxylic acids is 1. The van der Waals surface area contributed by atoms with Gasteiger partial charge in [-0.25, -0.2) is 0 Å². The topological polar surface area (TPSA) is 94.0 Å². The Morgan fingerprint density at radius 3 is 2.89 bits per heavy atom. The summed E-state index contributed by atoms with van der Waals surface area (Å²) >= 11 is 0. The van der Waals surface area contributed by atoms with E-state index in [9.17, 15) is 4.79 Å². The second-order valence-electron chi connectivity index (χ2n) is 4.15. The van der Waals surface area contributed by atoms with E-state index in [1.807, 2.05) is 26.0 Å². The third kappa shape index (κ3) is 2.97. The lowest BCUT2D eigenvalue weighted by molar-refractivity contribution is -0.114. The van der Waals surface area contributed by atoms with E-state index >= 15 is 0 Å². The van der Waals surface area contributed by atoms with E-state index in [-0.39, 0.29) is 12.5 Å². The molecule has 0 aliphatic rings. The molecule has 3 N–H and O–H groups in total. The SMILES string of the molecule is CCc1noc(-c2ccc(C)c(NC(=O)CN)c2)n1. The number of amides is 1. The van der Waals surface area contributed by atoms with Gasteiger partial charge >= 0.3 is 0 Å². The first-order valence-corrected chi connectivity index (χ1v) is 6.07. The van der Waals surface area contributed by atoms with E-state index in [0.717, 1.165) is 11.1 Å². The Balaban J connectivity index is 2.32. The van der Waals surface area contributed by atoms with Crippen LogP contribution in [0.1, 0.15) is 18.3 Å². The lowest BCUT2D eigenvalue weighted by atomic mass is 10.1. The first kappa shape index (κ1) is 13.2. The first-order valence-electron chi connectivity index (χ1n) is 6.07. The summed E-state index contributed by atoms with van der Waals surface area (Å²) < 4.78 is 5.17. The van der Waals surface area contributed by atoms with Crippen LogP contribution in [0, 0.1) is 6.92 Å². The molecule has 0 atom stereocenters. The van der Waals surface area contributed by atoms with Gasteiger partial charge in [-0.05, 0) is 24.6 Å². The van der Waals surface area contributed by atoms with Gasteiger partial charge in [0.2, 0.25) is 5.91 Å². The summed E-state index contributed by atoms with van der Waals surface area (Å²) in [4.78, 5) is 15.6. The van der Waals surface area contributed by atoms with Gasteiger partial charge in [0.05, 0.1) is 6.54 Å². The molecule has 0 aliphatic carbocycles. The smallest absolute Gasteiger partial charge is 0.257 e. The molecule has 6 nitrogen and oxygen atoms in total. The molecule has 0 fully saturated rings. The van der Waals surface area contributed by atoms with E-state index in [1.54, 1.807) is 6.07 Å². The maximum atomic E-state index is 11.3. The normalized spacial score (nSPS) is 10.5. The highest BCUT2D eigenvalue weighted by atomic mass is 16.5. The zero-order valence-electron chi connectivity index (χ0n) is 10.9. The van der Waals surface area contributed by atoms with Gasteiger partial charge in [0.1, 0.15) is 0 Å². The summed E-state index contributed by atoms with van der Waals surface area (Å²) in [5.74, 6) is 0.864. The molecule has 1 heterocycles. The molecule has 0 aliphatic heterocycles. The second-order valence-corrected chi connectivity index (χ2v) is 4.15. The van der Waals surface area contributed by atoms with Gasteiger partial charge in [-0.3, -0.25) is 4.79 Å². The van der Waals surface area contributed by atoms with Crippen LogP contribution in [0.5, 0.6) is 0 Å². The fourth-order valence-corrected chi connectivity index (χ4v) is 1.61. The fourth-order valence-electron chi connectivity index (χ4n) is 1.61. The van der Waals surface area contributed by atoms with E-state index < -0.39 is 0 Å². The summed E-state index contributed by atoms with van der Waals surface area (Å²) in [6.45, 7) is 3.81. The van der Waals surface area contributed by atoms with Crippen molar-refractivity contribution in [3.63, 3.8) is 0 Å². The first-order chi connectivity index (χ1) is 9.13. The number of benzene rings is 1. The van der Waals surface area contributed by atoms with Gasteiger partial charge < -0.3 is 15.6 Å². The van der Waals surface area contributed by atoms with E-state index in [0.29, 0.717) is 23.8 Å². The Labute approximate surface area is 111 Å². The molecule has 2 rings (SSSR count). The predicted octanol–water partition coefficient (Wildman–Crippen LogP) is 1.50. The van der Waals surface area contributed by atoms with Crippen molar-refractivity contribution in [2.45, 2.75) is 20.3 Å². The number of hydrogen-bond acceptors (Lipinski definition) is 5. The molecule has 1 amide bonds. The van der Waals surface area contributed by atoms with Gasteiger partial charge in [-0.2, -0.15) is 4.98 Å². The van der Waals surface area contributed by atoms with Gasteiger partial charge in [-0.15, -0.1) is 0 Å². The number of hydrogen-bond donors (Lipinski definition) is 2. The molecule has 100 valence electrons. The molecule has 0 radical (unpaired) electrons. The minimum atomic E-state index is -0.236. The van der Waals surface area contributed by atoms with Crippen molar-refractivity contribution < 1.29 is 9.32 Å². The molecule has 0 unspecified atom stereocenters. The molecule has 0 saturated carbocycles. The van der Waals surface area contributed by atoms with Gasteiger partial charge in [0.15, 0.2) is 5.82 Å². The van der Waals surface area contributed by atoms with Crippen molar-refractivity contribution in [3.05, 3.63) is 29.6 Å². The fraction of sp³-hybridized carbons (Fsp3) is 0.308. The van der Waals surface area contributed by atoms with Crippen LogP contribution in [0.4, 0.5) is 5.69 Å². The third-order valence-corrected chi connectivity index (χ3v) is 2.73. The Morgan fingerprint density at radius 1 is 1.47 bits per heavy atom. The molecule has 19 heavy (non-hydrogen) atoms. The number of aryl methyl sites for hydroxylation is 2. The highest BCUT2D eigenvalue weighted by Crippen LogP contribution is 2.24. The Hall–Kier alpha value is -2.21.